The summed E-state index contributed by atoms with van der Waals surface area (Å²) in [7, 11) is 0. The van der Waals surface area contributed by atoms with E-state index in [1.165, 1.54) is 6.08 Å². The van der Waals surface area contributed by atoms with Gasteiger partial charge in [0.15, 0.2) is 0 Å². The molecule has 0 aliphatic heterocycles. The van der Waals surface area contributed by atoms with Gasteiger partial charge in [-0.2, -0.15) is 0 Å². The Labute approximate surface area is 188 Å². The lowest BCUT2D eigenvalue weighted by Crippen LogP contribution is -2.46. The van der Waals surface area contributed by atoms with Crippen molar-refractivity contribution in [1.82, 2.24) is 15.0 Å². The highest BCUT2D eigenvalue weighted by atomic mass is 35.5. The lowest BCUT2D eigenvalue weighted by Gasteiger charge is -2.05. The second kappa shape index (κ2) is 9.94. The number of hydrogen-bond donors (Lipinski definition) is 2. The third kappa shape index (κ3) is 5.62. The summed E-state index contributed by atoms with van der Waals surface area (Å²) < 4.78 is 5.71. The number of aromatic nitrogens is 3. The van der Waals surface area contributed by atoms with Crippen LogP contribution in [-0.2, 0) is 13.0 Å². The molecule has 0 saturated heterocycles. The van der Waals surface area contributed by atoms with E-state index in [9.17, 15) is 9.59 Å². The van der Waals surface area contributed by atoms with Crippen LogP contribution in [0.25, 0.3) is 12.2 Å². The lowest BCUT2D eigenvalue weighted by molar-refractivity contribution is 0.305. The van der Waals surface area contributed by atoms with Crippen molar-refractivity contribution in [2.45, 2.75) is 13.0 Å². The van der Waals surface area contributed by atoms with Gasteiger partial charge in [0.25, 0.3) is 11.1 Å². The van der Waals surface area contributed by atoms with Crippen LogP contribution < -0.4 is 26.6 Å². The van der Waals surface area contributed by atoms with Crippen LogP contribution in [0.2, 0.25) is 5.02 Å². The predicted molar refractivity (Wildman–Crippen MR) is 125 cm³/mol. The molecule has 4 rings (SSSR count). The van der Waals surface area contributed by atoms with E-state index in [4.69, 9.17) is 16.3 Å². The molecule has 2 aromatic carbocycles. The van der Waals surface area contributed by atoms with Crippen molar-refractivity contribution in [1.29, 1.82) is 0 Å². The van der Waals surface area contributed by atoms with Crippen LogP contribution in [-0.4, -0.2) is 15.0 Å². The Morgan fingerprint density at radius 1 is 0.844 bits per heavy atom. The van der Waals surface area contributed by atoms with Gasteiger partial charge in [0.1, 0.15) is 23.1 Å². The molecular formula is C25H20ClN3O3. The molecule has 2 heterocycles. The van der Waals surface area contributed by atoms with Crippen LogP contribution in [0.3, 0.4) is 0 Å². The minimum Gasteiger partial charge on any atom is -0.487 e. The average molecular weight is 446 g/mol. The number of H-pyrrole nitrogens is 2. The molecule has 0 radical (unpaired) electrons. The van der Waals surface area contributed by atoms with E-state index in [1.54, 1.807) is 36.5 Å². The topological polar surface area (TPSA) is 87.8 Å². The number of rotatable bonds is 6. The zero-order valence-corrected chi connectivity index (χ0v) is 17.8. The van der Waals surface area contributed by atoms with Gasteiger partial charge in [0.05, 0.1) is 11.9 Å². The number of pyridine rings is 1. The third-order valence-corrected chi connectivity index (χ3v) is 4.99. The van der Waals surface area contributed by atoms with Gasteiger partial charge in [-0.15, -0.1) is 0 Å². The van der Waals surface area contributed by atoms with E-state index in [0.717, 1.165) is 11.1 Å². The molecule has 4 aromatic rings. The lowest BCUT2D eigenvalue weighted by atomic mass is 10.1. The van der Waals surface area contributed by atoms with Crippen LogP contribution in [0.4, 0.5) is 0 Å². The quantitative estimate of drug-likeness (QED) is 0.477. The number of hydrogen-bond acceptors (Lipinski definition) is 4. The molecule has 2 N–H and O–H groups in total. The van der Waals surface area contributed by atoms with Gasteiger partial charge in [-0.25, -0.2) is 0 Å². The molecule has 160 valence electrons. The van der Waals surface area contributed by atoms with E-state index in [-0.39, 0.29) is 16.3 Å². The van der Waals surface area contributed by atoms with Crippen LogP contribution >= 0.6 is 11.6 Å². The largest absolute Gasteiger partial charge is 0.487 e. The molecule has 0 saturated carbocycles. The van der Waals surface area contributed by atoms with Gasteiger partial charge < -0.3 is 14.7 Å². The standard InChI is InChI=1S/C25H20ClN3O3/c26-19-9-6-17(7-10-19)8-13-22-24(30)29-23(25(31)28-22)14-20-11-12-21(15-27-20)32-16-18-4-2-1-3-5-18/h1-7,9-15H,8,16H2,(H,28,31)(H,29,30). The SMILES string of the molecule is O=c1[nH]c(=Cc2ccc(OCc3ccccc3)cn2)c(=O)[nH]c1=CCc1ccc(Cl)cc1. The van der Waals surface area contributed by atoms with Crippen molar-refractivity contribution in [2.24, 2.45) is 0 Å². The fraction of sp³-hybridized carbons (Fsp3) is 0.0800. The molecule has 7 heteroatoms. The summed E-state index contributed by atoms with van der Waals surface area (Å²) in [5.74, 6) is 0.612. The highest BCUT2D eigenvalue weighted by molar-refractivity contribution is 6.30. The number of halogens is 1. The van der Waals surface area contributed by atoms with Gasteiger partial charge in [-0.05, 0) is 47.9 Å². The molecule has 0 aliphatic carbocycles. The maximum Gasteiger partial charge on any atom is 0.272 e. The second-order valence-corrected chi connectivity index (χ2v) is 7.54. The number of nitrogens with one attached hydrogen (secondary N) is 2. The summed E-state index contributed by atoms with van der Waals surface area (Å²) >= 11 is 5.88. The molecule has 0 spiro atoms. The second-order valence-electron chi connectivity index (χ2n) is 7.11. The first kappa shape index (κ1) is 21.3. The Morgan fingerprint density at radius 2 is 1.56 bits per heavy atom. The summed E-state index contributed by atoms with van der Waals surface area (Å²) in [6, 6.07) is 20.6. The molecule has 0 aliphatic rings. The first-order chi connectivity index (χ1) is 15.6. The number of aromatic amines is 2. The molecule has 0 fully saturated rings. The van der Waals surface area contributed by atoms with Gasteiger partial charge in [0.2, 0.25) is 0 Å². The zero-order chi connectivity index (χ0) is 22.3. The van der Waals surface area contributed by atoms with Gasteiger partial charge >= 0.3 is 0 Å². The molecule has 2 aromatic heterocycles. The van der Waals surface area contributed by atoms with Crippen molar-refractivity contribution >= 4 is 23.8 Å². The van der Waals surface area contributed by atoms with E-state index >= 15 is 0 Å². The monoisotopic (exact) mass is 445 g/mol. The fourth-order valence-electron chi connectivity index (χ4n) is 3.03. The van der Waals surface area contributed by atoms with Crippen LogP contribution in [0, 0.1) is 0 Å². The minimum atomic E-state index is -0.404. The van der Waals surface area contributed by atoms with Crippen molar-refractivity contribution in [3.05, 3.63) is 126 Å². The summed E-state index contributed by atoms with van der Waals surface area (Å²) in [5.41, 5.74) is 1.77. The normalized spacial score (nSPS) is 12.2. The first-order valence-corrected chi connectivity index (χ1v) is 10.4. The number of ether oxygens (including phenoxy) is 1. The Bertz CT molecular complexity index is 1430. The van der Waals surface area contributed by atoms with Gasteiger partial charge in [-0.3, -0.25) is 14.6 Å². The summed E-state index contributed by atoms with van der Waals surface area (Å²) in [6.07, 6.45) is 5.26. The van der Waals surface area contributed by atoms with Crippen LogP contribution in [0.5, 0.6) is 5.75 Å². The Kier molecular flexibility index (Phi) is 6.63. The minimum absolute atomic E-state index is 0.129. The molecule has 6 nitrogen and oxygen atoms in total. The Hall–Kier alpha value is -3.90. The van der Waals surface area contributed by atoms with Crippen molar-refractivity contribution in [3.63, 3.8) is 0 Å². The van der Waals surface area contributed by atoms with Gasteiger partial charge in [-0.1, -0.05) is 60.1 Å². The van der Waals surface area contributed by atoms with E-state index < -0.39 is 5.56 Å². The average Bonchev–Trinajstić information content (AvgIpc) is 2.81. The molecule has 0 atom stereocenters. The van der Waals surface area contributed by atoms with Crippen molar-refractivity contribution < 1.29 is 4.74 Å². The van der Waals surface area contributed by atoms with E-state index in [1.807, 2.05) is 42.5 Å². The molecule has 0 bridgehead atoms. The highest BCUT2D eigenvalue weighted by Gasteiger charge is 2.00. The Balaban J connectivity index is 1.50. The first-order valence-electron chi connectivity index (χ1n) is 9.98. The number of benzene rings is 2. The molecule has 32 heavy (non-hydrogen) atoms. The smallest absolute Gasteiger partial charge is 0.272 e. The number of nitrogens with zero attached hydrogens (tertiary/aromatic N) is 1. The van der Waals surface area contributed by atoms with Crippen molar-refractivity contribution in [2.75, 3.05) is 0 Å². The Morgan fingerprint density at radius 3 is 2.28 bits per heavy atom. The van der Waals surface area contributed by atoms with Crippen LogP contribution in [0.1, 0.15) is 16.8 Å². The summed E-state index contributed by atoms with van der Waals surface area (Å²) in [5, 5.41) is 0.980. The molecular weight excluding hydrogens is 426 g/mol. The van der Waals surface area contributed by atoms with E-state index in [2.05, 4.69) is 15.0 Å². The maximum atomic E-state index is 12.4. The predicted octanol–water partition coefficient (Wildman–Crippen LogP) is 2.54. The van der Waals surface area contributed by atoms with Crippen LogP contribution in [0.15, 0.2) is 82.5 Å². The summed E-state index contributed by atoms with van der Waals surface area (Å²) in [6.45, 7) is 0.437. The summed E-state index contributed by atoms with van der Waals surface area (Å²) in [4.78, 5) is 34.4. The molecule has 0 amide bonds. The third-order valence-electron chi connectivity index (χ3n) is 4.74. The van der Waals surface area contributed by atoms with Gasteiger partial charge in [0, 0.05) is 5.02 Å². The fourth-order valence-corrected chi connectivity index (χ4v) is 3.16. The molecule has 0 unspecified atom stereocenters. The van der Waals surface area contributed by atoms with Crippen molar-refractivity contribution in [3.8, 4) is 5.75 Å². The maximum absolute atomic E-state index is 12.4. The highest BCUT2D eigenvalue weighted by Crippen LogP contribution is 2.12. The zero-order valence-electron chi connectivity index (χ0n) is 17.0. The van der Waals surface area contributed by atoms with E-state index in [0.29, 0.717) is 29.5 Å².